The summed E-state index contributed by atoms with van der Waals surface area (Å²) in [4.78, 5) is 14.2. The fraction of sp³-hybridized carbons (Fsp3) is 0.562. The van der Waals surface area contributed by atoms with Gasteiger partial charge >= 0.3 is 0 Å². The van der Waals surface area contributed by atoms with E-state index in [0.29, 0.717) is 10.7 Å². The Balaban J connectivity index is 2.22. The SMILES string of the molecule is Cc1ccc(N(CC(=O)N(C)C2CCCC2)S(C)(=O)=O)cc1Cl. The van der Waals surface area contributed by atoms with Gasteiger partial charge in [0.1, 0.15) is 6.54 Å². The van der Waals surface area contributed by atoms with Crippen molar-refractivity contribution in [1.29, 1.82) is 0 Å². The largest absolute Gasteiger partial charge is 0.341 e. The Labute approximate surface area is 143 Å². The number of likely N-dealkylation sites (N-methyl/N-ethyl adjacent to an activating group) is 1. The number of anilines is 1. The lowest BCUT2D eigenvalue weighted by molar-refractivity contribution is -0.130. The Hall–Kier alpha value is -1.27. The van der Waals surface area contributed by atoms with Gasteiger partial charge in [-0.15, -0.1) is 0 Å². The molecule has 0 aromatic heterocycles. The van der Waals surface area contributed by atoms with Crippen molar-refractivity contribution in [3.8, 4) is 0 Å². The van der Waals surface area contributed by atoms with E-state index in [9.17, 15) is 13.2 Å². The first-order chi connectivity index (χ1) is 10.7. The molecule has 0 heterocycles. The molecule has 1 aliphatic carbocycles. The number of amides is 1. The molecular formula is C16H23ClN2O3S. The molecule has 2 rings (SSSR count). The van der Waals surface area contributed by atoms with Crippen molar-refractivity contribution < 1.29 is 13.2 Å². The van der Waals surface area contributed by atoms with Crippen LogP contribution in [0.5, 0.6) is 0 Å². The first kappa shape index (κ1) is 18.1. The molecule has 0 unspecified atom stereocenters. The van der Waals surface area contributed by atoms with E-state index in [4.69, 9.17) is 11.6 Å². The third-order valence-corrected chi connectivity index (χ3v) is 5.94. The maximum Gasteiger partial charge on any atom is 0.243 e. The van der Waals surface area contributed by atoms with Crippen LogP contribution in [0.25, 0.3) is 0 Å². The minimum absolute atomic E-state index is 0.195. The summed E-state index contributed by atoms with van der Waals surface area (Å²) in [7, 11) is -1.82. The molecule has 1 saturated carbocycles. The van der Waals surface area contributed by atoms with Gasteiger partial charge in [0.2, 0.25) is 15.9 Å². The van der Waals surface area contributed by atoms with Crippen molar-refractivity contribution in [3.05, 3.63) is 28.8 Å². The van der Waals surface area contributed by atoms with Gasteiger partial charge in [0.15, 0.2) is 0 Å². The Morgan fingerprint density at radius 1 is 1.30 bits per heavy atom. The topological polar surface area (TPSA) is 57.7 Å². The highest BCUT2D eigenvalue weighted by Crippen LogP contribution is 2.26. The van der Waals surface area contributed by atoms with Crippen LogP contribution < -0.4 is 4.31 Å². The van der Waals surface area contributed by atoms with Gasteiger partial charge in [-0.25, -0.2) is 8.42 Å². The van der Waals surface area contributed by atoms with Crippen LogP contribution in [-0.4, -0.2) is 45.1 Å². The number of benzene rings is 1. The number of hydrogen-bond donors (Lipinski definition) is 0. The second-order valence-corrected chi connectivity index (χ2v) is 8.46. The summed E-state index contributed by atoms with van der Waals surface area (Å²) in [6, 6.07) is 5.22. The fourth-order valence-electron chi connectivity index (χ4n) is 2.87. The van der Waals surface area contributed by atoms with Gasteiger partial charge in [-0.05, 0) is 37.5 Å². The van der Waals surface area contributed by atoms with Crippen molar-refractivity contribution in [2.24, 2.45) is 0 Å². The molecule has 128 valence electrons. The Bertz CT molecular complexity index is 685. The van der Waals surface area contributed by atoms with Crippen LogP contribution in [-0.2, 0) is 14.8 Å². The van der Waals surface area contributed by atoms with E-state index in [1.165, 1.54) is 0 Å². The normalized spacial score (nSPS) is 15.7. The van der Waals surface area contributed by atoms with Crippen molar-refractivity contribution in [3.63, 3.8) is 0 Å². The smallest absolute Gasteiger partial charge is 0.243 e. The van der Waals surface area contributed by atoms with E-state index in [1.54, 1.807) is 30.1 Å². The van der Waals surface area contributed by atoms with Gasteiger partial charge in [-0.2, -0.15) is 0 Å². The standard InChI is InChI=1S/C16H23ClN2O3S/c1-12-8-9-14(10-15(12)17)19(23(3,21)22)11-16(20)18(2)13-6-4-5-7-13/h8-10,13H,4-7,11H2,1-3H3. The van der Waals surface area contributed by atoms with Crippen LogP contribution in [0.4, 0.5) is 5.69 Å². The molecule has 0 radical (unpaired) electrons. The second kappa shape index (κ2) is 7.09. The van der Waals surface area contributed by atoms with Crippen LogP contribution in [0.15, 0.2) is 18.2 Å². The van der Waals surface area contributed by atoms with Gasteiger partial charge in [-0.3, -0.25) is 9.10 Å². The zero-order valence-corrected chi connectivity index (χ0v) is 15.3. The van der Waals surface area contributed by atoms with Gasteiger partial charge in [0.25, 0.3) is 0 Å². The number of rotatable bonds is 5. The van der Waals surface area contributed by atoms with Crippen LogP contribution in [0.3, 0.4) is 0 Å². The average Bonchev–Trinajstić information content (AvgIpc) is 2.99. The summed E-state index contributed by atoms with van der Waals surface area (Å²) < 4.78 is 25.4. The second-order valence-electron chi connectivity index (χ2n) is 6.15. The Kier molecular flexibility index (Phi) is 5.57. The molecular weight excluding hydrogens is 336 g/mol. The van der Waals surface area contributed by atoms with E-state index in [0.717, 1.165) is 41.8 Å². The Morgan fingerprint density at radius 3 is 2.43 bits per heavy atom. The zero-order chi connectivity index (χ0) is 17.2. The number of nitrogens with zero attached hydrogens (tertiary/aromatic N) is 2. The van der Waals surface area contributed by atoms with Crippen molar-refractivity contribution >= 4 is 33.2 Å². The number of halogens is 1. The molecule has 1 fully saturated rings. The number of sulfonamides is 1. The van der Waals surface area contributed by atoms with Gasteiger partial charge in [0.05, 0.1) is 11.9 Å². The first-order valence-electron chi connectivity index (χ1n) is 7.69. The maximum atomic E-state index is 12.5. The lowest BCUT2D eigenvalue weighted by atomic mass is 10.2. The molecule has 7 heteroatoms. The van der Waals surface area contributed by atoms with E-state index >= 15 is 0 Å². The number of hydrogen-bond acceptors (Lipinski definition) is 3. The third-order valence-electron chi connectivity index (χ3n) is 4.39. The quantitative estimate of drug-likeness (QED) is 0.813. The monoisotopic (exact) mass is 358 g/mol. The molecule has 1 aromatic carbocycles. The summed E-state index contributed by atoms with van der Waals surface area (Å²) in [5.41, 5.74) is 1.27. The van der Waals surface area contributed by atoms with Crippen LogP contribution in [0, 0.1) is 6.92 Å². The minimum atomic E-state index is -3.57. The molecule has 0 spiro atoms. The van der Waals surface area contributed by atoms with E-state index < -0.39 is 10.0 Å². The molecule has 5 nitrogen and oxygen atoms in total. The van der Waals surface area contributed by atoms with E-state index in [-0.39, 0.29) is 18.5 Å². The summed E-state index contributed by atoms with van der Waals surface area (Å²) in [6.45, 7) is 1.64. The molecule has 1 amide bonds. The van der Waals surface area contributed by atoms with Crippen molar-refractivity contribution in [1.82, 2.24) is 4.90 Å². The van der Waals surface area contributed by atoms with Gasteiger partial charge in [0, 0.05) is 18.1 Å². The van der Waals surface area contributed by atoms with Gasteiger partial charge in [-0.1, -0.05) is 30.5 Å². The van der Waals surface area contributed by atoms with Crippen molar-refractivity contribution in [2.75, 3.05) is 24.2 Å². The molecule has 0 aliphatic heterocycles. The summed E-state index contributed by atoms with van der Waals surface area (Å²) >= 11 is 6.09. The van der Waals surface area contributed by atoms with E-state index in [1.807, 2.05) is 6.92 Å². The fourth-order valence-corrected chi connectivity index (χ4v) is 3.88. The lowest BCUT2D eigenvalue weighted by Crippen LogP contribution is -2.44. The summed E-state index contributed by atoms with van der Waals surface area (Å²) in [5.74, 6) is -0.195. The van der Waals surface area contributed by atoms with Crippen LogP contribution in [0.1, 0.15) is 31.2 Å². The summed E-state index contributed by atoms with van der Waals surface area (Å²) in [6.07, 6.45) is 5.30. The third kappa shape index (κ3) is 4.38. The van der Waals surface area contributed by atoms with Crippen LogP contribution >= 0.6 is 11.6 Å². The number of aryl methyl sites for hydroxylation is 1. The molecule has 0 bridgehead atoms. The highest BCUT2D eigenvalue weighted by atomic mass is 35.5. The lowest BCUT2D eigenvalue weighted by Gasteiger charge is -2.28. The van der Waals surface area contributed by atoms with E-state index in [2.05, 4.69) is 0 Å². The highest BCUT2D eigenvalue weighted by Gasteiger charge is 2.27. The molecule has 0 N–H and O–H groups in total. The average molecular weight is 359 g/mol. The molecule has 1 aromatic rings. The number of carbonyl (C=O) groups is 1. The summed E-state index contributed by atoms with van der Waals surface area (Å²) in [5, 5.41) is 0.479. The maximum absolute atomic E-state index is 12.5. The minimum Gasteiger partial charge on any atom is -0.341 e. The molecule has 0 saturated heterocycles. The van der Waals surface area contributed by atoms with Crippen LogP contribution in [0.2, 0.25) is 5.02 Å². The highest BCUT2D eigenvalue weighted by molar-refractivity contribution is 7.92. The van der Waals surface area contributed by atoms with Gasteiger partial charge < -0.3 is 4.90 Å². The molecule has 1 aliphatic rings. The molecule has 0 atom stereocenters. The zero-order valence-electron chi connectivity index (χ0n) is 13.8. The Morgan fingerprint density at radius 2 is 1.91 bits per heavy atom. The predicted molar refractivity (Wildman–Crippen MR) is 93.4 cm³/mol. The predicted octanol–water partition coefficient (Wildman–Crippen LogP) is 2.82. The molecule has 23 heavy (non-hydrogen) atoms. The number of carbonyl (C=O) groups excluding carboxylic acids is 1. The first-order valence-corrected chi connectivity index (χ1v) is 9.92. The van der Waals surface area contributed by atoms with Crippen molar-refractivity contribution in [2.45, 2.75) is 38.6 Å².